The highest BCUT2D eigenvalue weighted by molar-refractivity contribution is 6.39. The molecule has 6 heteroatoms. The first-order chi connectivity index (χ1) is 8.58. The van der Waals surface area contributed by atoms with E-state index >= 15 is 0 Å². The van der Waals surface area contributed by atoms with Crippen molar-refractivity contribution in [1.82, 2.24) is 4.98 Å². The number of methoxy groups -OCH3 is 2. The highest BCUT2D eigenvalue weighted by atomic mass is 35.5. The van der Waals surface area contributed by atoms with Crippen LogP contribution in [0.2, 0.25) is 10.0 Å². The minimum absolute atomic E-state index is 0.205. The van der Waals surface area contributed by atoms with Crippen LogP contribution in [0.15, 0.2) is 18.3 Å². The maximum atomic E-state index is 11.5. The van der Waals surface area contributed by atoms with Crippen LogP contribution >= 0.6 is 23.2 Å². The SMILES string of the molecule is COC(=O)c1cnc2cc(Cl)c(OC)cc2c1Cl. The maximum Gasteiger partial charge on any atom is 0.340 e. The van der Waals surface area contributed by atoms with E-state index in [1.807, 2.05) is 0 Å². The fraction of sp³-hybridized carbons (Fsp3) is 0.167. The molecule has 0 radical (unpaired) electrons. The number of ether oxygens (including phenoxy) is 2. The van der Waals surface area contributed by atoms with Crippen molar-refractivity contribution in [3.8, 4) is 5.75 Å². The lowest BCUT2D eigenvalue weighted by Gasteiger charge is -2.08. The van der Waals surface area contributed by atoms with Crippen molar-refractivity contribution < 1.29 is 14.3 Å². The third-order valence-corrected chi connectivity index (χ3v) is 3.18. The van der Waals surface area contributed by atoms with E-state index < -0.39 is 5.97 Å². The second-order valence-corrected chi connectivity index (χ2v) is 4.27. The van der Waals surface area contributed by atoms with Crippen LogP contribution in [0.1, 0.15) is 10.4 Å². The number of esters is 1. The summed E-state index contributed by atoms with van der Waals surface area (Å²) in [5.41, 5.74) is 0.787. The molecule has 0 saturated heterocycles. The number of hydrogen-bond donors (Lipinski definition) is 0. The molecular formula is C12H9Cl2NO3. The Morgan fingerprint density at radius 1 is 1.28 bits per heavy atom. The number of hydrogen-bond acceptors (Lipinski definition) is 4. The Morgan fingerprint density at radius 2 is 2.00 bits per heavy atom. The van der Waals surface area contributed by atoms with Gasteiger partial charge in [-0.2, -0.15) is 0 Å². The monoisotopic (exact) mass is 285 g/mol. The molecule has 18 heavy (non-hydrogen) atoms. The third kappa shape index (κ3) is 2.09. The first kappa shape index (κ1) is 12.9. The molecule has 0 fully saturated rings. The molecule has 1 heterocycles. The Hall–Kier alpha value is -1.52. The Labute approximate surface area is 113 Å². The summed E-state index contributed by atoms with van der Waals surface area (Å²) in [4.78, 5) is 15.6. The number of benzene rings is 1. The van der Waals surface area contributed by atoms with Gasteiger partial charge in [-0.3, -0.25) is 4.98 Å². The van der Waals surface area contributed by atoms with Gasteiger partial charge < -0.3 is 9.47 Å². The molecule has 2 rings (SSSR count). The number of carbonyl (C=O) groups excluding carboxylic acids is 1. The van der Waals surface area contributed by atoms with Crippen molar-refractivity contribution in [2.75, 3.05) is 14.2 Å². The average Bonchev–Trinajstić information content (AvgIpc) is 2.38. The van der Waals surface area contributed by atoms with Crippen LogP contribution in [0.3, 0.4) is 0 Å². The number of aromatic nitrogens is 1. The van der Waals surface area contributed by atoms with E-state index in [-0.39, 0.29) is 10.6 Å². The number of nitrogens with zero attached hydrogens (tertiary/aromatic N) is 1. The van der Waals surface area contributed by atoms with Crippen molar-refractivity contribution in [3.05, 3.63) is 33.9 Å². The van der Waals surface area contributed by atoms with Gasteiger partial charge in [-0.05, 0) is 12.1 Å². The van der Waals surface area contributed by atoms with E-state index in [0.29, 0.717) is 21.7 Å². The fourth-order valence-corrected chi connectivity index (χ4v) is 2.08. The highest BCUT2D eigenvalue weighted by Gasteiger charge is 2.16. The zero-order valence-corrected chi connectivity index (χ0v) is 11.2. The largest absolute Gasteiger partial charge is 0.495 e. The lowest BCUT2D eigenvalue weighted by Crippen LogP contribution is -2.03. The average molecular weight is 286 g/mol. The normalized spacial score (nSPS) is 10.4. The first-order valence-corrected chi connectivity index (χ1v) is 5.74. The van der Waals surface area contributed by atoms with Crippen molar-refractivity contribution in [2.45, 2.75) is 0 Å². The second-order valence-electron chi connectivity index (χ2n) is 3.48. The summed E-state index contributed by atoms with van der Waals surface area (Å²) in [6, 6.07) is 3.27. The summed E-state index contributed by atoms with van der Waals surface area (Å²) in [6.45, 7) is 0. The molecule has 0 aliphatic carbocycles. The van der Waals surface area contributed by atoms with Gasteiger partial charge in [0.05, 0.1) is 35.3 Å². The summed E-state index contributed by atoms with van der Waals surface area (Å²) >= 11 is 12.1. The van der Waals surface area contributed by atoms with E-state index in [1.165, 1.54) is 20.4 Å². The summed E-state index contributed by atoms with van der Waals surface area (Å²) in [7, 11) is 2.78. The molecule has 0 aliphatic rings. The first-order valence-electron chi connectivity index (χ1n) is 4.98. The minimum atomic E-state index is -0.539. The van der Waals surface area contributed by atoms with Crippen LogP contribution in [0.5, 0.6) is 5.75 Å². The van der Waals surface area contributed by atoms with Gasteiger partial charge in [-0.25, -0.2) is 4.79 Å². The molecule has 0 N–H and O–H groups in total. The third-order valence-electron chi connectivity index (χ3n) is 2.48. The molecule has 0 atom stereocenters. The van der Waals surface area contributed by atoms with Crippen molar-refractivity contribution in [2.24, 2.45) is 0 Å². The summed E-state index contributed by atoms with van der Waals surface area (Å²) < 4.78 is 9.73. The zero-order valence-electron chi connectivity index (χ0n) is 9.66. The Balaban J connectivity index is 2.73. The predicted molar refractivity (Wildman–Crippen MR) is 69.7 cm³/mol. The second kappa shape index (κ2) is 5.00. The van der Waals surface area contributed by atoms with E-state index in [0.717, 1.165) is 0 Å². The molecular weight excluding hydrogens is 277 g/mol. The Kier molecular flexibility index (Phi) is 3.59. The van der Waals surface area contributed by atoms with Crippen molar-refractivity contribution in [3.63, 3.8) is 0 Å². The summed E-state index contributed by atoms with van der Waals surface area (Å²) in [5.74, 6) is -0.0711. The fourth-order valence-electron chi connectivity index (χ4n) is 1.57. The van der Waals surface area contributed by atoms with Gasteiger partial charge >= 0.3 is 5.97 Å². The van der Waals surface area contributed by atoms with E-state index in [9.17, 15) is 4.79 Å². The molecule has 0 spiro atoms. The molecule has 4 nitrogen and oxygen atoms in total. The number of fused-ring (bicyclic) bond motifs is 1. The number of halogens is 2. The smallest absolute Gasteiger partial charge is 0.340 e. The van der Waals surface area contributed by atoms with Crippen LogP contribution in [-0.4, -0.2) is 25.2 Å². The standard InChI is InChI=1S/C12H9Cl2NO3/c1-17-10-3-6-9(4-8(10)13)15-5-7(11(6)14)12(16)18-2/h3-5H,1-2H3. The Morgan fingerprint density at radius 3 is 2.61 bits per heavy atom. The predicted octanol–water partition coefficient (Wildman–Crippen LogP) is 3.34. The lowest BCUT2D eigenvalue weighted by molar-refractivity contribution is 0.0600. The summed E-state index contributed by atoms with van der Waals surface area (Å²) in [5, 5.41) is 1.28. The van der Waals surface area contributed by atoms with Gasteiger partial charge in [0.2, 0.25) is 0 Å². The topological polar surface area (TPSA) is 48.4 Å². The highest BCUT2D eigenvalue weighted by Crippen LogP contribution is 2.34. The van der Waals surface area contributed by atoms with Crippen molar-refractivity contribution in [1.29, 1.82) is 0 Å². The molecule has 0 bridgehead atoms. The lowest BCUT2D eigenvalue weighted by atomic mass is 10.1. The molecule has 0 saturated carbocycles. The molecule has 0 amide bonds. The molecule has 94 valence electrons. The molecule has 0 aliphatic heterocycles. The minimum Gasteiger partial charge on any atom is -0.495 e. The van der Waals surface area contributed by atoms with Gasteiger partial charge in [0.1, 0.15) is 5.75 Å². The Bertz CT molecular complexity index is 628. The van der Waals surface area contributed by atoms with Gasteiger partial charge in [0, 0.05) is 11.6 Å². The van der Waals surface area contributed by atoms with Crippen LogP contribution in [0.25, 0.3) is 10.9 Å². The van der Waals surface area contributed by atoms with Gasteiger partial charge in [-0.1, -0.05) is 23.2 Å². The molecule has 0 unspecified atom stereocenters. The molecule has 2 aromatic rings. The van der Waals surface area contributed by atoms with E-state index in [1.54, 1.807) is 12.1 Å². The zero-order chi connectivity index (χ0) is 13.3. The van der Waals surface area contributed by atoms with Gasteiger partial charge in [-0.15, -0.1) is 0 Å². The number of rotatable bonds is 2. The van der Waals surface area contributed by atoms with Crippen LogP contribution < -0.4 is 4.74 Å². The van der Waals surface area contributed by atoms with Crippen LogP contribution in [0.4, 0.5) is 0 Å². The number of carbonyl (C=O) groups is 1. The molecule has 1 aromatic carbocycles. The molecule has 1 aromatic heterocycles. The van der Waals surface area contributed by atoms with Crippen molar-refractivity contribution >= 4 is 40.1 Å². The van der Waals surface area contributed by atoms with E-state index in [2.05, 4.69) is 9.72 Å². The summed E-state index contributed by atoms with van der Waals surface area (Å²) in [6.07, 6.45) is 1.36. The van der Waals surface area contributed by atoms with Gasteiger partial charge in [0.15, 0.2) is 0 Å². The number of pyridine rings is 1. The maximum absolute atomic E-state index is 11.5. The van der Waals surface area contributed by atoms with Crippen LogP contribution in [-0.2, 0) is 4.74 Å². The van der Waals surface area contributed by atoms with Gasteiger partial charge in [0.25, 0.3) is 0 Å². The quantitative estimate of drug-likeness (QED) is 0.794. The van der Waals surface area contributed by atoms with E-state index in [4.69, 9.17) is 27.9 Å². The van der Waals surface area contributed by atoms with Crippen LogP contribution in [0, 0.1) is 0 Å².